The molecule has 138 valence electrons. The number of rotatable bonds is 5. The Hall–Kier alpha value is -2.14. The highest BCUT2D eigenvalue weighted by molar-refractivity contribution is 5.81. The van der Waals surface area contributed by atoms with Crippen LogP contribution in [0.1, 0.15) is 26.2 Å². The number of fused-ring (bicyclic) bond motifs is 1. The van der Waals surface area contributed by atoms with Gasteiger partial charge in [-0.3, -0.25) is 0 Å². The Balaban J connectivity index is 1.65. The Labute approximate surface area is 155 Å². The van der Waals surface area contributed by atoms with Gasteiger partial charge in [0.15, 0.2) is 11.6 Å². The molecular weight excluding hydrogens is 324 g/mol. The molecule has 0 spiro atoms. The molecule has 0 radical (unpaired) electrons. The lowest BCUT2D eigenvalue weighted by atomic mass is 9.99. The lowest BCUT2D eigenvalue weighted by Gasteiger charge is -2.33. The van der Waals surface area contributed by atoms with Gasteiger partial charge < -0.3 is 14.5 Å². The monoisotopic (exact) mass is 352 g/mol. The van der Waals surface area contributed by atoms with Gasteiger partial charge >= 0.3 is 0 Å². The third-order valence-electron chi connectivity index (χ3n) is 5.51. The molecule has 1 aromatic heterocycles. The molecule has 0 amide bonds. The van der Waals surface area contributed by atoms with Gasteiger partial charge in [-0.05, 0) is 37.3 Å². The van der Waals surface area contributed by atoms with Gasteiger partial charge in [-0.15, -0.1) is 6.58 Å². The normalized spacial score (nSPS) is 21.5. The zero-order valence-corrected chi connectivity index (χ0v) is 15.6. The van der Waals surface area contributed by atoms with E-state index in [1.807, 2.05) is 18.2 Å². The molecule has 5 nitrogen and oxygen atoms in total. The molecule has 0 saturated carbocycles. The van der Waals surface area contributed by atoms with Crippen LogP contribution in [0.2, 0.25) is 0 Å². The van der Waals surface area contributed by atoms with E-state index < -0.39 is 0 Å². The topological polar surface area (TPSA) is 41.5 Å². The van der Waals surface area contributed by atoms with Crippen LogP contribution in [-0.2, 0) is 4.74 Å². The summed E-state index contributed by atoms with van der Waals surface area (Å²) in [5.41, 5.74) is 1.94. The molecule has 4 rings (SSSR count). The Morgan fingerprint density at radius 2 is 1.65 bits per heavy atom. The van der Waals surface area contributed by atoms with Gasteiger partial charge in [-0.1, -0.05) is 25.1 Å². The van der Waals surface area contributed by atoms with Crippen molar-refractivity contribution in [3.63, 3.8) is 0 Å². The molecule has 3 heterocycles. The van der Waals surface area contributed by atoms with E-state index in [1.54, 1.807) is 0 Å². The number of nitrogens with zero attached hydrogens (tertiary/aromatic N) is 4. The Kier molecular flexibility index (Phi) is 5.07. The summed E-state index contributed by atoms with van der Waals surface area (Å²) in [6.07, 6.45) is 5.53. The van der Waals surface area contributed by atoms with Crippen molar-refractivity contribution < 1.29 is 4.74 Å². The minimum Gasteiger partial charge on any atom is -0.372 e. The first-order chi connectivity index (χ1) is 12.7. The van der Waals surface area contributed by atoms with E-state index in [4.69, 9.17) is 14.7 Å². The summed E-state index contributed by atoms with van der Waals surface area (Å²) < 4.78 is 5.87. The van der Waals surface area contributed by atoms with Crippen LogP contribution in [0.5, 0.6) is 0 Å². The molecule has 2 fully saturated rings. The summed E-state index contributed by atoms with van der Waals surface area (Å²) >= 11 is 0. The first-order valence-electron chi connectivity index (χ1n) is 9.74. The van der Waals surface area contributed by atoms with Crippen LogP contribution in [0, 0.1) is 5.92 Å². The fraction of sp³-hybridized carbons (Fsp3) is 0.524. The highest BCUT2D eigenvalue weighted by Gasteiger charge is 2.29. The predicted molar refractivity (Wildman–Crippen MR) is 107 cm³/mol. The third kappa shape index (κ3) is 3.54. The SMILES string of the molecule is C=CCOC1CCN(c2nc3ccccc3nc2N2CCC(C)CC2)C1. The average molecular weight is 352 g/mol. The molecular formula is C21H28N4O. The standard InChI is InChI=1S/C21H28N4O/c1-3-14-26-17-10-13-25(15-17)21-20(24-11-8-16(2)9-12-24)22-18-6-4-5-7-19(18)23-21/h3-7,16-17H,1,8-15H2,2H3. The van der Waals surface area contributed by atoms with Crippen LogP contribution < -0.4 is 9.80 Å². The summed E-state index contributed by atoms with van der Waals surface area (Å²) in [6, 6.07) is 8.18. The van der Waals surface area contributed by atoms with Crippen LogP contribution in [0.4, 0.5) is 11.6 Å². The molecule has 0 aliphatic carbocycles. The zero-order valence-electron chi connectivity index (χ0n) is 15.6. The number of piperidine rings is 1. The molecule has 1 unspecified atom stereocenters. The highest BCUT2D eigenvalue weighted by atomic mass is 16.5. The number of para-hydroxylation sites is 2. The van der Waals surface area contributed by atoms with Crippen molar-refractivity contribution in [2.45, 2.75) is 32.3 Å². The smallest absolute Gasteiger partial charge is 0.172 e. The number of benzene rings is 1. The molecule has 26 heavy (non-hydrogen) atoms. The van der Waals surface area contributed by atoms with Gasteiger partial charge in [0.25, 0.3) is 0 Å². The van der Waals surface area contributed by atoms with E-state index in [-0.39, 0.29) is 6.10 Å². The molecule has 2 aliphatic heterocycles. The van der Waals surface area contributed by atoms with E-state index >= 15 is 0 Å². The van der Waals surface area contributed by atoms with Crippen molar-refractivity contribution in [2.24, 2.45) is 5.92 Å². The number of hydrogen-bond donors (Lipinski definition) is 0. The molecule has 0 bridgehead atoms. The first kappa shape index (κ1) is 17.3. The van der Waals surface area contributed by atoms with E-state index in [2.05, 4.69) is 35.4 Å². The molecule has 0 N–H and O–H groups in total. The Bertz CT molecular complexity index is 770. The van der Waals surface area contributed by atoms with Crippen LogP contribution in [-0.4, -0.2) is 48.9 Å². The minimum absolute atomic E-state index is 0.246. The van der Waals surface area contributed by atoms with Crippen molar-refractivity contribution in [2.75, 3.05) is 42.6 Å². The summed E-state index contributed by atoms with van der Waals surface area (Å²) in [5, 5.41) is 0. The van der Waals surface area contributed by atoms with Gasteiger partial charge in [0, 0.05) is 26.2 Å². The maximum Gasteiger partial charge on any atom is 0.172 e. The van der Waals surface area contributed by atoms with Crippen molar-refractivity contribution in [1.82, 2.24) is 9.97 Å². The summed E-state index contributed by atoms with van der Waals surface area (Å²) in [4.78, 5) is 14.8. The zero-order chi connectivity index (χ0) is 17.9. The number of ether oxygens (including phenoxy) is 1. The Morgan fingerprint density at radius 1 is 1.04 bits per heavy atom. The molecule has 1 atom stereocenters. The Morgan fingerprint density at radius 3 is 2.31 bits per heavy atom. The maximum atomic E-state index is 5.87. The van der Waals surface area contributed by atoms with E-state index in [0.717, 1.165) is 61.2 Å². The largest absolute Gasteiger partial charge is 0.372 e. The van der Waals surface area contributed by atoms with Crippen molar-refractivity contribution in [3.05, 3.63) is 36.9 Å². The molecule has 2 aromatic rings. The number of aromatic nitrogens is 2. The number of anilines is 2. The molecule has 2 saturated heterocycles. The van der Waals surface area contributed by atoms with E-state index in [0.29, 0.717) is 6.61 Å². The fourth-order valence-electron chi connectivity index (χ4n) is 3.89. The van der Waals surface area contributed by atoms with Crippen molar-refractivity contribution in [3.8, 4) is 0 Å². The van der Waals surface area contributed by atoms with Crippen molar-refractivity contribution in [1.29, 1.82) is 0 Å². The average Bonchev–Trinajstić information content (AvgIpc) is 3.15. The number of hydrogen-bond acceptors (Lipinski definition) is 5. The second kappa shape index (κ2) is 7.62. The lowest BCUT2D eigenvalue weighted by Crippen LogP contribution is -2.35. The molecule has 2 aliphatic rings. The highest BCUT2D eigenvalue weighted by Crippen LogP contribution is 2.33. The quantitative estimate of drug-likeness (QED) is 0.769. The minimum atomic E-state index is 0.246. The maximum absolute atomic E-state index is 5.87. The third-order valence-corrected chi connectivity index (χ3v) is 5.51. The van der Waals surface area contributed by atoms with Crippen LogP contribution >= 0.6 is 0 Å². The second-order valence-electron chi connectivity index (χ2n) is 7.51. The summed E-state index contributed by atoms with van der Waals surface area (Å²) in [5.74, 6) is 2.86. The van der Waals surface area contributed by atoms with Gasteiger partial charge in [0.2, 0.25) is 0 Å². The van der Waals surface area contributed by atoms with Gasteiger partial charge in [-0.25, -0.2) is 9.97 Å². The van der Waals surface area contributed by atoms with Crippen LogP contribution in [0.25, 0.3) is 11.0 Å². The van der Waals surface area contributed by atoms with Crippen LogP contribution in [0.3, 0.4) is 0 Å². The molecule has 5 heteroatoms. The van der Waals surface area contributed by atoms with Crippen molar-refractivity contribution >= 4 is 22.7 Å². The van der Waals surface area contributed by atoms with E-state index in [9.17, 15) is 0 Å². The second-order valence-corrected chi connectivity index (χ2v) is 7.51. The van der Waals surface area contributed by atoms with Crippen LogP contribution in [0.15, 0.2) is 36.9 Å². The predicted octanol–water partition coefficient (Wildman–Crippen LogP) is 3.65. The van der Waals surface area contributed by atoms with Gasteiger partial charge in [0.05, 0.1) is 23.7 Å². The van der Waals surface area contributed by atoms with Gasteiger partial charge in [0.1, 0.15) is 0 Å². The van der Waals surface area contributed by atoms with Gasteiger partial charge in [-0.2, -0.15) is 0 Å². The molecule has 1 aromatic carbocycles. The first-order valence-corrected chi connectivity index (χ1v) is 9.74. The lowest BCUT2D eigenvalue weighted by molar-refractivity contribution is 0.0909. The summed E-state index contributed by atoms with van der Waals surface area (Å²) in [6.45, 7) is 10.7. The summed E-state index contributed by atoms with van der Waals surface area (Å²) in [7, 11) is 0. The fourth-order valence-corrected chi connectivity index (χ4v) is 3.89. The van der Waals surface area contributed by atoms with E-state index in [1.165, 1.54) is 12.8 Å².